The fourth-order valence-electron chi connectivity index (χ4n) is 2.33. The molecule has 0 radical (unpaired) electrons. The Balaban J connectivity index is 1.62. The van der Waals surface area contributed by atoms with Crippen LogP contribution in [0.2, 0.25) is 0 Å². The summed E-state index contributed by atoms with van der Waals surface area (Å²) in [7, 11) is 0. The van der Waals surface area contributed by atoms with Crippen molar-refractivity contribution in [2.24, 2.45) is 0 Å². The molecule has 0 aliphatic carbocycles. The van der Waals surface area contributed by atoms with Gasteiger partial charge in [0, 0.05) is 18.6 Å². The number of hydrogen-bond donors (Lipinski definition) is 0. The van der Waals surface area contributed by atoms with Crippen LogP contribution in [0.1, 0.15) is 17.3 Å². The van der Waals surface area contributed by atoms with Gasteiger partial charge in [0.05, 0.1) is 0 Å². The van der Waals surface area contributed by atoms with E-state index in [1.807, 2.05) is 61.5 Å². The highest BCUT2D eigenvalue weighted by molar-refractivity contribution is 5.78. The van der Waals surface area contributed by atoms with Gasteiger partial charge in [-0.2, -0.15) is 4.98 Å². The van der Waals surface area contributed by atoms with Gasteiger partial charge in [-0.25, -0.2) is 4.98 Å². The van der Waals surface area contributed by atoms with Crippen LogP contribution in [0.15, 0.2) is 57.5 Å². The molecule has 5 nitrogen and oxygen atoms in total. The first kappa shape index (κ1) is 13.5. The first-order chi connectivity index (χ1) is 11.3. The molecular weight excluding hydrogens is 290 g/mol. The minimum absolute atomic E-state index is 0.459. The van der Waals surface area contributed by atoms with Crippen LogP contribution in [-0.4, -0.2) is 15.1 Å². The summed E-state index contributed by atoms with van der Waals surface area (Å²) in [4.78, 5) is 8.70. The van der Waals surface area contributed by atoms with E-state index in [-0.39, 0.29) is 0 Å². The molecule has 0 saturated heterocycles. The number of aromatic nitrogens is 3. The Kier molecular flexibility index (Phi) is 3.24. The second kappa shape index (κ2) is 5.53. The van der Waals surface area contributed by atoms with Gasteiger partial charge < -0.3 is 8.94 Å². The fraction of sp³-hybridized carbons (Fsp3) is 0.0556. The molecule has 5 heteroatoms. The smallest absolute Gasteiger partial charge is 0.250 e. The highest BCUT2D eigenvalue weighted by Crippen LogP contribution is 2.23. The molecule has 112 valence electrons. The lowest BCUT2D eigenvalue weighted by atomic mass is 10.2. The lowest BCUT2D eigenvalue weighted by Gasteiger charge is -1.92. The van der Waals surface area contributed by atoms with Gasteiger partial charge in [-0.1, -0.05) is 35.5 Å². The van der Waals surface area contributed by atoms with Crippen molar-refractivity contribution in [2.45, 2.75) is 6.92 Å². The monoisotopic (exact) mass is 303 g/mol. The Morgan fingerprint density at radius 1 is 0.957 bits per heavy atom. The summed E-state index contributed by atoms with van der Waals surface area (Å²) >= 11 is 0. The van der Waals surface area contributed by atoms with E-state index in [4.69, 9.17) is 8.94 Å². The van der Waals surface area contributed by atoms with Gasteiger partial charge in [0.1, 0.15) is 5.52 Å². The molecule has 0 bridgehead atoms. The van der Waals surface area contributed by atoms with E-state index in [0.717, 1.165) is 22.2 Å². The van der Waals surface area contributed by atoms with Crippen molar-refractivity contribution < 1.29 is 8.94 Å². The van der Waals surface area contributed by atoms with Gasteiger partial charge in [0.15, 0.2) is 11.5 Å². The zero-order chi connectivity index (χ0) is 15.6. The van der Waals surface area contributed by atoms with E-state index in [1.54, 1.807) is 6.08 Å². The molecule has 0 aliphatic rings. The van der Waals surface area contributed by atoms with Crippen LogP contribution in [0.3, 0.4) is 0 Å². The molecule has 2 heterocycles. The minimum atomic E-state index is 0.459. The Morgan fingerprint density at radius 3 is 2.70 bits per heavy atom. The average molecular weight is 303 g/mol. The van der Waals surface area contributed by atoms with Gasteiger partial charge in [-0.3, -0.25) is 0 Å². The molecule has 4 rings (SSSR count). The van der Waals surface area contributed by atoms with Crippen LogP contribution in [0.5, 0.6) is 0 Å². The third kappa shape index (κ3) is 2.76. The molecule has 0 N–H and O–H groups in total. The summed E-state index contributed by atoms with van der Waals surface area (Å²) in [5.74, 6) is 1.62. The number of benzene rings is 2. The van der Waals surface area contributed by atoms with E-state index < -0.39 is 0 Å². The standard InChI is InChI=1S/C18H13N3O2/c1-12-19-15-11-14(8-9-16(15)22-12)18-20-17(23-21-18)10-7-13-5-3-2-4-6-13/h2-11H,1H3. The first-order valence-corrected chi connectivity index (χ1v) is 7.22. The maximum Gasteiger partial charge on any atom is 0.250 e. The lowest BCUT2D eigenvalue weighted by Crippen LogP contribution is -1.81. The lowest BCUT2D eigenvalue weighted by molar-refractivity contribution is 0.411. The van der Waals surface area contributed by atoms with E-state index in [0.29, 0.717) is 17.6 Å². The van der Waals surface area contributed by atoms with Crippen LogP contribution in [-0.2, 0) is 0 Å². The van der Waals surface area contributed by atoms with E-state index in [1.165, 1.54) is 0 Å². The van der Waals surface area contributed by atoms with Gasteiger partial charge in [0.25, 0.3) is 5.89 Å². The molecule has 2 aromatic heterocycles. The number of nitrogens with zero attached hydrogens (tertiary/aromatic N) is 3. The van der Waals surface area contributed by atoms with Crippen LogP contribution in [0, 0.1) is 6.92 Å². The zero-order valence-electron chi connectivity index (χ0n) is 12.4. The largest absolute Gasteiger partial charge is 0.441 e. The number of oxazole rings is 1. The van der Waals surface area contributed by atoms with Gasteiger partial charge in [0.2, 0.25) is 5.82 Å². The van der Waals surface area contributed by atoms with Crippen molar-refractivity contribution in [3.8, 4) is 11.4 Å². The molecule has 0 aliphatic heterocycles. The summed E-state index contributed by atoms with van der Waals surface area (Å²) < 4.78 is 10.7. The number of aryl methyl sites for hydroxylation is 1. The molecule has 4 aromatic rings. The molecule has 0 spiro atoms. The van der Waals surface area contributed by atoms with Crippen molar-refractivity contribution in [1.82, 2.24) is 15.1 Å². The van der Waals surface area contributed by atoms with Gasteiger partial charge in [-0.15, -0.1) is 0 Å². The summed E-state index contributed by atoms with van der Waals surface area (Å²) in [6.07, 6.45) is 3.73. The van der Waals surface area contributed by atoms with Crippen molar-refractivity contribution >= 4 is 23.3 Å². The summed E-state index contributed by atoms with van der Waals surface area (Å²) in [6, 6.07) is 15.6. The van der Waals surface area contributed by atoms with E-state index >= 15 is 0 Å². The van der Waals surface area contributed by atoms with E-state index in [9.17, 15) is 0 Å². The fourth-order valence-corrected chi connectivity index (χ4v) is 2.33. The third-order valence-corrected chi connectivity index (χ3v) is 3.41. The highest BCUT2D eigenvalue weighted by Gasteiger charge is 2.09. The second-order valence-corrected chi connectivity index (χ2v) is 5.12. The Bertz CT molecular complexity index is 984. The summed E-state index contributed by atoms with van der Waals surface area (Å²) in [6.45, 7) is 1.82. The molecule has 0 saturated carbocycles. The third-order valence-electron chi connectivity index (χ3n) is 3.41. The molecule has 0 amide bonds. The Morgan fingerprint density at radius 2 is 1.83 bits per heavy atom. The predicted molar refractivity (Wildman–Crippen MR) is 87.4 cm³/mol. The maximum absolute atomic E-state index is 5.46. The number of hydrogen-bond acceptors (Lipinski definition) is 5. The molecule has 23 heavy (non-hydrogen) atoms. The van der Waals surface area contributed by atoms with E-state index in [2.05, 4.69) is 15.1 Å². The first-order valence-electron chi connectivity index (χ1n) is 7.22. The average Bonchev–Trinajstić information content (AvgIpc) is 3.18. The Hall–Kier alpha value is -3.21. The van der Waals surface area contributed by atoms with Crippen LogP contribution in [0.4, 0.5) is 0 Å². The molecular formula is C18H13N3O2. The molecule has 0 fully saturated rings. The van der Waals surface area contributed by atoms with Crippen molar-refractivity contribution in [1.29, 1.82) is 0 Å². The second-order valence-electron chi connectivity index (χ2n) is 5.12. The quantitative estimate of drug-likeness (QED) is 0.562. The summed E-state index contributed by atoms with van der Waals surface area (Å²) in [5, 5.41) is 4.02. The summed E-state index contributed by atoms with van der Waals surface area (Å²) in [5.41, 5.74) is 3.45. The van der Waals surface area contributed by atoms with Gasteiger partial charge in [-0.05, 0) is 29.8 Å². The molecule has 0 unspecified atom stereocenters. The van der Waals surface area contributed by atoms with Crippen LogP contribution in [0.25, 0.3) is 34.6 Å². The van der Waals surface area contributed by atoms with Crippen LogP contribution >= 0.6 is 0 Å². The highest BCUT2D eigenvalue weighted by atomic mass is 16.5. The van der Waals surface area contributed by atoms with Crippen molar-refractivity contribution in [3.05, 3.63) is 65.9 Å². The molecule has 0 atom stereocenters. The minimum Gasteiger partial charge on any atom is -0.441 e. The maximum atomic E-state index is 5.46. The normalized spacial score (nSPS) is 11.5. The zero-order valence-corrected chi connectivity index (χ0v) is 12.4. The number of fused-ring (bicyclic) bond motifs is 1. The molecule has 2 aromatic carbocycles. The topological polar surface area (TPSA) is 65.0 Å². The van der Waals surface area contributed by atoms with Crippen molar-refractivity contribution in [2.75, 3.05) is 0 Å². The predicted octanol–water partition coefficient (Wildman–Crippen LogP) is 4.36. The SMILES string of the molecule is Cc1nc2cc(-c3noc(C=Cc4ccccc4)n3)ccc2o1. The van der Waals surface area contributed by atoms with Crippen LogP contribution < -0.4 is 0 Å². The number of rotatable bonds is 3. The van der Waals surface area contributed by atoms with Gasteiger partial charge >= 0.3 is 0 Å². The van der Waals surface area contributed by atoms with Crippen molar-refractivity contribution in [3.63, 3.8) is 0 Å². The Labute approximate surface area is 132 Å².